The minimum absolute atomic E-state index is 0.570. The fourth-order valence-electron chi connectivity index (χ4n) is 2.79. The second kappa shape index (κ2) is 4.24. The molecule has 0 fully saturated rings. The Morgan fingerprint density at radius 3 is 3.00 bits per heavy atom. The van der Waals surface area contributed by atoms with Crippen LogP contribution in [0.15, 0.2) is 36.5 Å². The third-order valence-electron chi connectivity index (χ3n) is 3.71. The van der Waals surface area contributed by atoms with Gasteiger partial charge in [0.25, 0.3) is 0 Å². The average Bonchev–Trinajstić information content (AvgIpc) is 2.77. The predicted octanol–water partition coefficient (Wildman–Crippen LogP) is 1.85. The van der Waals surface area contributed by atoms with Gasteiger partial charge < -0.3 is 15.6 Å². The van der Waals surface area contributed by atoms with Gasteiger partial charge in [0.15, 0.2) is 0 Å². The van der Waals surface area contributed by atoms with Crippen molar-refractivity contribution < 1.29 is 9.84 Å². The molecule has 3 rings (SSSR count). The highest BCUT2D eigenvalue weighted by Gasteiger charge is 2.41. The maximum atomic E-state index is 11.0. The lowest BCUT2D eigenvalue weighted by molar-refractivity contribution is 0.0751. The van der Waals surface area contributed by atoms with Gasteiger partial charge in [-0.05, 0) is 48.2 Å². The van der Waals surface area contributed by atoms with Crippen molar-refractivity contribution in [3.63, 3.8) is 0 Å². The molecule has 1 aliphatic rings. The molecule has 1 aromatic heterocycles. The standard InChI is InChI=1S/C15H16N2O2/c1-19-13-3-2-8-17-14(13)15(18)7-6-10-9-11(16)4-5-12(10)15/h2-5,8-9,18H,6-7,16H2,1H3. The van der Waals surface area contributed by atoms with Crippen LogP contribution in [-0.2, 0) is 12.0 Å². The zero-order valence-corrected chi connectivity index (χ0v) is 10.8. The topological polar surface area (TPSA) is 68.4 Å². The van der Waals surface area contributed by atoms with Gasteiger partial charge in [-0.3, -0.25) is 4.98 Å². The molecule has 0 bridgehead atoms. The molecule has 0 spiro atoms. The largest absolute Gasteiger partial charge is 0.495 e. The molecule has 0 radical (unpaired) electrons. The molecule has 1 aliphatic carbocycles. The summed E-state index contributed by atoms with van der Waals surface area (Å²) in [7, 11) is 1.59. The number of nitrogen functional groups attached to an aromatic ring is 1. The second-order valence-corrected chi connectivity index (χ2v) is 4.83. The normalized spacial score (nSPS) is 21.2. The Bertz CT molecular complexity index is 627. The number of rotatable bonds is 2. The van der Waals surface area contributed by atoms with E-state index in [1.54, 1.807) is 19.4 Å². The Hall–Kier alpha value is -2.07. The number of hydrogen-bond donors (Lipinski definition) is 2. The molecule has 1 unspecified atom stereocenters. The average molecular weight is 256 g/mol. The second-order valence-electron chi connectivity index (χ2n) is 4.83. The van der Waals surface area contributed by atoms with Crippen LogP contribution in [0.4, 0.5) is 5.69 Å². The van der Waals surface area contributed by atoms with Gasteiger partial charge in [0.2, 0.25) is 0 Å². The maximum Gasteiger partial charge on any atom is 0.143 e. The molecule has 1 aromatic carbocycles. The smallest absolute Gasteiger partial charge is 0.143 e. The van der Waals surface area contributed by atoms with Crippen LogP contribution in [0.2, 0.25) is 0 Å². The molecule has 3 N–H and O–H groups in total. The summed E-state index contributed by atoms with van der Waals surface area (Å²) < 4.78 is 5.31. The molecule has 1 atom stereocenters. The molecule has 0 amide bonds. The highest BCUT2D eigenvalue weighted by Crippen LogP contribution is 2.44. The monoisotopic (exact) mass is 256 g/mol. The molecular formula is C15H16N2O2. The van der Waals surface area contributed by atoms with Crippen LogP contribution >= 0.6 is 0 Å². The summed E-state index contributed by atoms with van der Waals surface area (Å²) in [6.07, 6.45) is 3.06. The van der Waals surface area contributed by atoms with Crippen molar-refractivity contribution >= 4 is 5.69 Å². The molecule has 4 nitrogen and oxygen atoms in total. The molecule has 1 heterocycles. The van der Waals surface area contributed by atoms with Crippen LogP contribution in [0.5, 0.6) is 5.75 Å². The Morgan fingerprint density at radius 2 is 2.21 bits per heavy atom. The van der Waals surface area contributed by atoms with E-state index in [4.69, 9.17) is 10.5 Å². The van der Waals surface area contributed by atoms with E-state index >= 15 is 0 Å². The van der Waals surface area contributed by atoms with Gasteiger partial charge in [-0.25, -0.2) is 0 Å². The lowest BCUT2D eigenvalue weighted by Crippen LogP contribution is -2.26. The van der Waals surface area contributed by atoms with Gasteiger partial charge in [-0.2, -0.15) is 0 Å². The van der Waals surface area contributed by atoms with Crippen molar-refractivity contribution in [2.45, 2.75) is 18.4 Å². The number of nitrogens with two attached hydrogens (primary N) is 1. The van der Waals surface area contributed by atoms with Gasteiger partial charge in [0, 0.05) is 11.9 Å². The van der Waals surface area contributed by atoms with Crippen molar-refractivity contribution in [2.24, 2.45) is 0 Å². The zero-order chi connectivity index (χ0) is 13.5. The van der Waals surface area contributed by atoms with Crippen LogP contribution in [0.3, 0.4) is 0 Å². The maximum absolute atomic E-state index is 11.0. The van der Waals surface area contributed by atoms with E-state index in [1.165, 1.54) is 0 Å². The highest BCUT2D eigenvalue weighted by atomic mass is 16.5. The molecule has 19 heavy (non-hydrogen) atoms. The number of aliphatic hydroxyl groups is 1. The van der Waals surface area contributed by atoms with E-state index in [9.17, 15) is 5.11 Å². The summed E-state index contributed by atoms with van der Waals surface area (Å²) in [6.45, 7) is 0. The zero-order valence-electron chi connectivity index (χ0n) is 10.8. The number of hydrogen-bond acceptors (Lipinski definition) is 4. The Balaban J connectivity index is 2.16. The van der Waals surface area contributed by atoms with Crippen molar-refractivity contribution in [3.05, 3.63) is 53.3 Å². The molecule has 98 valence electrons. The van der Waals surface area contributed by atoms with Gasteiger partial charge in [-0.15, -0.1) is 0 Å². The summed E-state index contributed by atoms with van der Waals surface area (Å²) in [5.41, 5.74) is 7.95. The van der Waals surface area contributed by atoms with Crippen LogP contribution in [0.25, 0.3) is 0 Å². The number of ether oxygens (including phenoxy) is 1. The number of pyridine rings is 1. The first-order valence-corrected chi connectivity index (χ1v) is 6.26. The van der Waals surface area contributed by atoms with Gasteiger partial charge in [0.1, 0.15) is 17.0 Å². The summed E-state index contributed by atoms with van der Waals surface area (Å²) in [4.78, 5) is 4.32. The van der Waals surface area contributed by atoms with E-state index in [2.05, 4.69) is 4.98 Å². The molecule has 0 aliphatic heterocycles. The third-order valence-corrected chi connectivity index (χ3v) is 3.71. The lowest BCUT2D eigenvalue weighted by atomic mass is 9.91. The number of methoxy groups -OCH3 is 1. The van der Waals surface area contributed by atoms with Crippen molar-refractivity contribution in [1.29, 1.82) is 0 Å². The highest BCUT2D eigenvalue weighted by molar-refractivity contribution is 5.53. The Kier molecular flexibility index (Phi) is 2.68. The number of aromatic nitrogens is 1. The van der Waals surface area contributed by atoms with Crippen LogP contribution in [-0.4, -0.2) is 17.2 Å². The van der Waals surface area contributed by atoms with E-state index in [0.717, 1.165) is 23.2 Å². The minimum Gasteiger partial charge on any atom is -0.495 e. The van der Waals surface area contributed by atoms with E-state index in [-0.39, 0.29) is 0 Å². The molecule has 4 heteroatoms. The summed E-state index contributed by atoms with van der Waals surface area (Å²) in [6, 6.07) is 9.22. The van der Waals surface area contributed by atoms with Gasteiger partial charge in [-0.1, -0.05) is 6.07 Å². The quantitative estimate of drug-likeness (QED) is 0.805. The van der Waals surface area contributed by atoms with Gasteiger partial charge >= 0.3 is 0 Å². The molecule has 2 aromatic rings. The number of benzene rings is 1. The summed E-state index contributed by atoms with van der Waals surface area (Å²) in [5, 5.41) is 11.0. The first-order valence-electron chi connectivity index (χ1n) is 6.26. The third kappa shape index (κ3) is 1.76. The van der Waals surface area contributed by atoms with E-state index < -0.39 is 5.60 Å². The number of nitrogens with zero attached hydrogens (tertiary/aromatic N) is 1. The van der Waals surface area contributed by atoms with Crippen LogP contribution in [0.1, 0.15) is 23.2 Å². The van der Waals surface area contributed by atoms with Crippen LogP contribution < -0.4 is 10.5 Å². The summed E-state index contributed by atoms with van der Waals surface area (Å²) in [5.74, 6) is 0.606. The first-order chi connectivity index (χ1) is 9.15. The van der Waals surface area contributed by atoms with Crippen molar-refractivity contribution in [1.82, 2.24) is 4.98 Å². The minimum atomic E-state index is -1.09. The van der Waals surface area contributed by atoms with E-state index in [1.807, 2.05) is 24.3 Å². The number of anilines is 1. The number of fused-ring (bicyclic) bond motifs is 1. The fraction of sp³-hybridized carbons (Fsp3) is 0.267. The Labute approximate surface area is 111 Å². The lowest BCUT2D eigenvalue weighted by Gasteiger charge is -2.25. The number of aryl methyl sites for hydroxylation is 1. The first kappa shape index (κ1) is 12.0. The SMILES string of the molecule is COc1cccnc1C1(O)CCc2cc(N)ccc21. The van der Waals surface area contributed by atoms with Crippen LogP contribution in [0, 0.1) is 0 Å². The van der Waals surface area contributed by atoms with Gasteiger partial charge in [0.05, 0.1) is 7.11 Å². The predicted molar refractivity (Wildman–Crippen MR) is 73.0 cm³/mol. The Morgan fingerprint density at radius 1 is 1.37 bits per heavy atom. The fourth-order valence-corrected chi connectivity index (χ4v) is 2.79. The van der Waals surface area contributed by atoms with Crippen molar-refractivity contribution in [3.8, 4) is 5.75 Å². The molecular weight excluding hydrogens is 240 g/mol. The van der Waals surface area contributed by atoms with E-state index in [0.29, 0.717) is 17.9 Å². The molecule has 0 saturated heterocycles. The van der Waals surface area contributed by atoms with Crippen molar-refractivity contribution in [2.75, 3.05) is 12.8 Å². The summed E-state index contributed by atoms with van der Waals surface area (Å²) >= 11 is 0. The molecule has 0 saturated carbocycles.